The predicted molar refractivity (Wildman–Crippen MR) is 118 cm³/mol. The van der Waals surface area contributed by atoms with Crippen LogP contribution in [0, 0.1) is 0 Å². The minimum absolute atomic E-state index is 0.0445. The molecule has 1 aromatic carbocycles. The number of hydrogen-bond acceptors (Lipinski definition) is 5. The Morgan fingerprint density at radius 1 is 1.27 bits per heavy atom. The lowest BCUT2D eigenvalue weighted by Crippen LogP contribution is -2.31. The van der Waals surface area contributed by atoms with Crippen LogP contribution >= 0.6 is 23.4 Å². The Balaban J connectivity index is 1.49. The Morgan fingerprint density at radius 3 is 2.93 bits per heavy atom. The van der Waals surface area contributed by atoms with Gasteiger partial charge in [-0.15, -0.1) is 10.2 Å². The SMILES string of the molecule is CCn1c(CN2CCCCCC2=O)nnc1SCC(=O)NCCc1cccc(Cl)c1. The van der Waals surface area contributed by atoms with E-state index < -0.39 is 0 Å². The maximum absolute atomic E-state index is 12.3. The molecule has 0 spiro atoms. The van der Waals surface area contributed by atoms with Crippen molar-refractivity contribution in [1.29, 1.82) is 0 Å². The molecular formula is C21H28ClN5O2S. The van der Waals surface area contributed by atoms with Gasteiger partial charge in [0.05, 0.1) is 12.3 Å². The molecule has 0 atom stereocenters. The maximum atomic E-state index is 12.3. The van der Waals surface area contributed by atoms with Crippen molar-refractivity contribution in [3.05, 3.63) is 40.7 Å². The minimum Gasteiger partial charge on any atom is -0.355 e. The average molecular weight is 450 g/mol. The molecule has 1 saturated heterocycles. The number of halogens is 1. The van der Waals surface area contributed by atoms with Crippen LogP contribution in [0.2, 0.25) is 5.02 Å². The van der Waals surface area contributed by atoms with Gasteiger partial charge in [0.15, 0.2) is 11.0 Å². The largest absolute Gasteiger partial charge is 0.355 e. The Hall–Kier alpha value is -2.06. The molecule has 2 heterocycles. The van der Waals surface area contributed by atoms with Crippen molar-refractivity contribution in [3.8, 4) is 0 Å². The van der Waals surface area contributed by atoms with Gasteiger partial charge in [-0.25, -0.2) is 0 Å². The van der Waals surface area contributed by atoms with Crippen LogP contribution in [0.3, 0.4) is 0 Å². The Morgan fingerprint density at radius 2 is 2.13 bits per heavy atom. The quantitative estimate of drug-likeness (QED) is 0.594. The van der Waals surface area contributed by atoms with Crippen LogP contribution < -0.4 is 5.32 Å². The molecule has 9 heteroatoms. The van der Waals surface area contributed by atoms with Gasteiger partial charge in [0, 0.05) is 31.1 Å². The number of carbonyl (C=O) groups is 2. The number of thioether (sulfide) groups is 1. The number of hydrogen-bond donors (Lipinski definition) is 1. The summed E-state index contributed by atoms with van der Waals surface area (Å²) in [4.78, 5) is 26.3. The van der Waals surface area contributed by atoms with Crippen LogP contribution in [0.15, 0.2) is 29.4 Å². The molecule has 162 valence electrons. The Bertz CT molecular complexity index is 873. The van der Waals surface area contributed by atoms with Gasteiger partial charge < -0.3 is 14.8 Å². The summed E-state index contributed by atoms with van der Waals surface area (Å²) >= 11 is 7.35. The standard InChI is InChI=1S/C21H28ClN5O2S/c1-2-27-18(14-26-12-5-3-4-9-20(26)29)24-25-21(27)30-15-19(28)23-11-10-16-7-6-8-17(22)13-16/h6-8,13H,2-5,9-12,14-15H2,1H3,(H,23,28). The van der Waals surface area contributed by atoms with Gasteiger partial charge in [-0.3, -0.25) is 9.59 Å². The number of carbonyl (C=O) groups excluding carboxylic acids is 2. The summed E-state index contributed by atoms with van der Waals surface area (Å²) in [6.45, 7) is 4.52. The second-order valence-electron chi connectivity index (χ2n) is 7.29. The first-order chi connectivity index (χ1) is 14.6. The van der Waals surface area contributed by atoms with Crippen molar-refractivity contribution in [3.63, 3.8) is 0 Å². The molecule has 0 aliphatic carbocycles. The Labute approximate surface area is 186 Å². The van der Waals surface area contributed by atoms with Gasteiger partial charge in [-0.1, -0.05) is 41.9 Å². The van der Waals surface area contributed by atoms with E-state index in [1.807, 2.05) is 40.7 Å². The van der Waals surface area contributed by atoms with E-state index in [0.29, 0.717) is 36.2 Å². The molecule has 1 aliphatic heterocycles. The first-order valence-corrected chi connectivity index (χ1v) is 11.8. The summed E-state index contributed by atoms with van der Waals surface area (Å²) in [5.74, 6) is 1.19. The fourth-order valence-electron chi connectivity index (χ4n) is 3.46. The molecule has 0 radical (unpaired) electrons. The summed E-state index contributed by atoms with van der Waals surface area (Å²) in [6, 6.07) is 7.64. The number of nitrogens with one attached hydrogen (secondary N) is 1. The van der Waals surface area contributed by atoms with Crippen LogP contribution in [-0.2, 0) is 29.1 Å². The van der Waals surface area contributed by atoms with Gasteiger partial charge in [0.2, 0.25) is 11.8 Å². The maximum Gasteiger partial charge on any atom is 0.230 e. The third-order valence-electron chi connectivity index (χ3n) is 5.07. The molecule has 0 saturated carbocycles. The lowest BCUT2D eigenvalue weighted by Gasteiger charge is -2.20. The molecule has 30 heavy (non-hydrogen) atoms. The molecule has 7 nitrogen and oxygen atoms in total. The number of benzene rings is 1. The summed E-state index contributed by atoms with van der Waals surface area (Å²) in [6.07, 6.45) is 4.43. The van der Waals surface area contributed by atoms with Crippen LogP contribution in [-0.4, -0.2) is 50.3 Å². The fourth-order valence-corrected chi connectivity index (χ4v) is 4.52. The molecule has 2 aromatic rings. The Kier molecular flexibility index (Phi) is 8.57. The first kappa shape index (κ1) is 22.6. The third-order valence-corrected chi connectivity index (χ3v) is 6.27. The van der Waals surface area contributed by atoms with Gasteiger partial charge >= 0.3 is 0 Å². The van der Waals surface area contributed by atoms with Crippen molar-refractivity contribution in [2.24, 2.45) is 0 Å². The molecule has 1 N–H and O–H groups in total. The van der Waals surface area contributed by atoms with Crippen LogP contribution in [0.25, 0.3) is 0 Å². The van der Waals surface area contributed by atoms with Crippen LogP contribution in [0.4, 0.5) is 0 Å². The average Bonchev–Trinajstić information content (AvgIpc) is 3.00. The van der Waals surface area contributed by atoms with Crippen molar-refractivity contribution < 1.29 is 9.59 Å². The number of likely N-dealkylation sites (tertiary alicyclic amines) is 1. The van der Waals surface area contributed by atoms with Gasteiger partial charge in [-0.05, 0) is 43.9 Å². The van der Waals surface area contributed by atoms with E-state index in [0.717, 1.165) is 43.6 Å². The minimum atomic E-state index is -0.0445. The third kappa shape index (κ3) is 6.47. The van der Waals surface area contributed by atoms with Gasteiger partial charge in [0.25, 0.3) is 0 Å². The highest BCUT2D eigenvalue weighted by Gasteiger charge is 2.20. The highest BCUT2D eigenvalue weighted by atomic mass is 35.5. The normalized spacial score (nSPS) is 14.6. The second-order valence-corrected chi connectivity index (χ2v) is 8.67. The van der Waals surface area contributed by atoms with Crippen LogP contribution in [0.1, 0.15) is 44.0 Å². The van der Waals surface area contributed by atoms with E-state index >= 15 is 0 Å². The molecule has 0 unspecified atom stereocenters. The molecular weight excluding hydrogens is 422 g/mol. The number of rotatable bonds is 9. The van der Waals surface area contributed by atoms with Crippen molar-refractivity contribution in [1.82, 2.24) is 25.0 Å². The van der Waals surface area contributed by atoms with Crippen molar-refractivity contribution in [2.45, 2.75) is 57.3 Å². The van der Waals surface area contributed by atoms with E-state index in [1.54, 1.807) is 0 Å². The summed E-state index contributed by atoms with van der Waals surface area (Å²) in [5, 5.41) is 12.9. The number of aromatic nitrogens is 3. The van der Waals surface area contributed by atoms with Crippen molar-refractivity contribution >= 4 is 35.2 Å². The van der Waals surface area contributed by atoms with Crippen molar-refractivity contribution in [2.75, 3.05) is 18.8 Å². The van der Waals surface area contributed by atoms with E-state index in [-0.39, 0.29) is 17.6 Å². The van der Waals surface area contributed by atoms with Gasteiger partial charge in [0.1, 0.15) is 0 Å². The molecule has 1 fully saturated rings. The van der Waals surface area contributed by atoms with Crippen LogP contribution in [0.5, 0.6) is 0 Å². The zero-order chi connectivity index (χ0) is 21.3. The van der Waals surface area contributed by atoms with E-state index in [9.17, 15) is 9.59 Å². The molecule has 2 amide bonds. The zero-order valence-corrected chi connectivity index (χ0v) is 18.8. The molecule has 3 rings (SSSR count). The van der Waals surface area contributed by atoms with E-state index in [4.69, 9.17) is 11.6 Å². The zero-order valence-electron chi connectivity index (χ0n) is 17.3. The van der Waals surface area contributed by atoms with E-state index in [2.05, 4.69) is 15.5 Å². The number of nitrogens with zero attached hydrogens (tertiary/aromatic N) is 4. The predicted octanol–water partition coefficient (Wildman–Crippen LogP) is 3.31. The topological polar surface area (TPSA) is 80.1 Å². The first-order valence-electron chi connectivity index (χ1n) is 10.4. The lowest BCUT2D eigenvalue weighted by atomic mass is 10.1. The lowest BCUT2D eigenvalue weighted by molar-refractivity contribution is -0.131. The highest BCUT2D eigenvalue weighted by molar-refractivity contribution is 7.99. The monoisotopic (exact) mass is 449 g/mol. The smallest absolute Gasteiger partial charge is 0.230 e. The summed E-state index contributed by atoms with van der Waals surface area (Å²) < 4.78 is 1.99. The molecule has 1 aliphatic rings. The highest BCUT2D eigenvalue weighted by Crippen LogP contribution is 2.19. The van der Waals surface area contributed by atoms with Gasteiger partial charge in [-0.2, -0.15) is 0 Å². The second kappa shape index (κ2) is 11.4. The summed E-state index contributed by atoms with van der Waals surface area (Å²) in [5.41, 5.74) is 1.09. The molecule has 1 aromatic heterocycles. The van der Waals surface area contributed by atoms with E-state index in [1.165, 1.54) is 11.8 Å². The molecule has 0 bridgehead atoms. The number of amides is 2. The summed E-state index contributed by atoms with van der Waals surface area (Å²) in [7, 11) is 0. The fraction of sp³-hybridized carbons (Fsp3) is 0.524.